The van der Waals surface area contributed by atoms with E-state index in [1.807, 2.05) is 0 Å². The molecule has 3 rings (SSSR count). The van der Waals surface area contributed by atoms with Crippen molar-refractivity contribution in [3.05, 3.63) is 48.4 Å². The van der Waals surface area contributed by atoms with Crippen LogP contribution in [0.1, 0.15) is 23.4 Å². The fourth-order valence-electron chi connectivity index (χ4n) is 3.05. The molecule has 1 unspecified atom stereocenters. The van der Waals surface area contributed by atoms with Crippen molar-refractivity contribution in [2.45, 2.75) is 12.8 Å². The fourth-order valence-corrected chi connectivity index (χ4v) is 3.61. The summed E-state index contributed by atoms with van der Waals surface area (Å²) in [6.07, 6.45) is 3.90. The van der Waals surface area contributed by atoms with Gasteiger partial charge >= 0.3 is 0 Å². The molecule has 27 heavy (non-hydrogen) atoms. The molecule has 1 aliphatic heterocycles. The molecule has 2 heterocycles. The zero-order valence-electron chi connectivity index (χ0n) is 14.8. The first-order valence-electron chi connectivity index (χ1n) is 8.53. The zero-order valence-corrected chi connectivity index (χ0v) is 15.7. The average Bonchev–Trinajstić information content (AvgIpc) is 3.14. The summed E-state index contributed by atoms with van der Waals surface area (Å²) < 4.78 is 30.2. The van der Waals surface area contributed by atoms with E-state index in [2.05, 4.69) is 10.0 Å². The van der Waals surface area contributed by atoms with Gasteiger partial charge in [0.15, 0.2) is 5.76 Å². The van der Waals surface area contributed by atoms with Crippen LogP contribution in [0, 0.1) is 5.92 Å². The third kappa shape index (κ3) is 5.10. The normalized spacial score (nSPS) is 17.4. The van der Waals surface area contributed by atoms with E-state index in [-0.39, 0.29) is 23.5 Å². The van der Waals surface area contributed by atoms with Crippen molar-refractivity contribution in [2.75, 3.05) is 29.4 Å². The first-order chi connectivity index (χ1) is 12.8. The molecule has 8 nitrogen and oxygen atoms in total. The number of carbonyl (C=O) groups is 2. The Bertz CT molecular complexity index is 924. The van der Waals surface area contributed by atoms with Crippen molar-refractivity contribution in [2.24, 2.45) is 5.92 Å². The number of rotatable bonds is 5. The number of furan rings is 1. The molecule has 0 saturated carbocycles. The topological polar surface area (TPSA) is 109 Å². The van der Waals surface area contributed by atoms with Crippen LogP contribution in [0.15, 0.2) is 47.1 Å². The second kappa shape index (κ2) is 7.83. The highest BCUT2D eigenvalue weighted by molar-refractivity contribution is 7.92. The SMILES string of the molecule is CS(=O)(=O)Nc1cccc(NC(=O)C2CCCN(C(=O)c3ccco3)C2)c1. The molecule has 1 fully saturated rings. The Morgan fingerprint density at radius 2 is 1.96 bits per heavy atom. The maximum absolute atomic E-state index is 12.6. The summed E-state index contributed by atoms with van der Waals surface area (Å²) in [5.41, 5.74) is 0.858. The Morgan fingerprint density at radius 3 is 2.67 bits per heavy atom. The van der Waals surface area contributed by atoms with Gasteiger partial charge in [-0.05, 0) is 43.2 Å². The highest BCUT2D eigenvalue weighted by Gasteiger charge is 2.29. The second-order valence-corrected chi connectivity index (χ2v) is 8.26. The van der Waals surface area contributed by atoms with Crippen LogP contribution < -0.4 is 10.0 Å². The molecule has 0 radical (unpaired) electrons. The van der Waals surface area contributed by atoms with Gasteiger partial charge in [0.25, 0.3) is 5.91 Å². The van der Waals surface area contributed by atoms with Gasteiger partial charge in [0.2, 0.25) is 15.9 Å². The van der Waals surface area contributed by atoms with Gasteiger partial charge < -0.3 is 14.6 Å². The maximum atomic E-state index is 12.6. The molecule has 1 aromatic carbocycles. The molecular weight excluding hydrogens is 370 g/mol. The van der Waals surface area contributed by atoms with Gasteiger partial charge in [-0.2, -0.15) is 0 Å². The number of nitrogens with one attached hydrogen (secondary N) is 2. The lowest BCUT2D eigenvalue weighted by molar-refractivity contribution is -0.121. The van der Waals surface area contributed by atoms with Crippen LogP contribution in [0.5, 0.6) is 0 Å². The monoisotopic (exact) mass is 391 g/mol. The van der Waals surface area contributed by atoms with Crippen LogP contribution >= 0.6 is 0 Å². The summed E-state index contributed by atoms with van der Waals surface area (Å²) >= 11 is 0. The lowest BCUT2D eigenvalue weighted by atomic mass is 9.96. The quantitative estimate of drug-likeness (QED) is 0.812. The van der Waals surface area contributed by atoms with Crippen LogP contribution in [0.2, 0.25) is 0 Å². The Hall–Kier alpha value is -2.81. The van der Waals surface area contributed by atoms with Crippen LogP contribution in [0.3, 0.4) is 0 Å². The van der Waals surface area contributed by atoms with Crippen molar-refractivity contribution in [3.63, 3.8) is 0 Å². The summed E-state index contributed by atoms with van der Waals surface area (Å²) in [7, 11) is -3.40. The Kier molecular flexibility index (Phi) is 5.50. The van der Waals surface area contributed by atoms with E-state index in [9.17, 15) is 18.0 Å². The van der Waals surface area contributed by atoms with E-state index in [0.717, 1.165) is 12.7 Å². The number of carbonyl (C=O) groups excluding carboxylic acids is 2. The minimum Gasteiger partial charge on any atom is -0.459 e. The summed E-state index contributed by atoms with van der Waals surface area (Å²) in [6, 6.07) is 9.73. The number of sulfonamides is 1. The van der Waals surface area contributed by atoms with Crippen LogP contribution in [-0.4, -0.2) is 44.5 Å². The van der Waals surface area contributed by atoms with Crippen LogP contribution in [-0.2, 0) is 14.8 Å². The fraction of sp³-hybridized carbons (Fsp3) is 0.333. The Balaban J connectivity index is 1.64. The molecule has 2 N–H and O–H groups in total. The molecule has 0 aliphatic carbocycles. The number of anilines is 2. The molecule has 1 atom stereocenters. The molecule has 0 bridgehead atoms. The molecule has 2 aromatic rings. The molecule has 144 valence electrons. The molecule has 1 aliphatic rings. The van der Waals surface area contributed by atoms with Crippen molar-refractivity contribution in [1.82, 2.24) is 4.90 Å². The number of piperidine rings is 1. The standard InChI is InChI=1S/C18H21N3O5S/c1-27(24,25)20-15-7-2-6-14(11-15)19-17(22)13-5-3-9-21(12-13)18(23)16-8-4-10-26-16/h2,4,6-8,10-11,13,20H,3,5,9,12H2,1H3,(H,19,22). The molecule has 9 heteroatoms. The van der Waals surface area contributed by atoms with E-state index < -0.39 is 10.0 Å². The van der Waals surface area contributed by atoms with Gasteiger partial charge in [-0.3, -0.25) is 14.3 Å². The summed E-state index contributed by atoms with van der Waals surface area (Å²) in [5, 5.41) is 2.80. The van der Waals surface area contributed by atoms with Crippen molar-refractivity contribution in [1.29, 1.82) is 0 Å². The highest BCUT2D eigenvalue weighted by atomic mass is 32.2. The number of amides is 2. The van der Waals surface area contributed by atoms with E-state index in [4.69, 9.17) is 4.42 Å². The molecule has 2 amide bonds. The molecule has 1 saturated heterocycles. The number of hydrogen-bond donors (Lipinski definition) is 2. The summed E-state index contributed by atoms with van der Waals surface area (Å²) in [4.78, 5) is 26.6. The van der Waals surface area contributed by atoms with Gasteiger partial charge in [-0.25, -0.2) is 8.42 Å². The van der Waals surface area contributed by atoms with Gasteiger partial charge in [0, 0.05) is 18.8 Å². The minimum atomic E-state index is -3.40. The predicted octanol–water partition coefficient (Wildman–Crippen LogP) is 2.14. The first-order valence-corrected chi connectivity index (χ1v) is 10.4. The maximum Gasteiger partial charge on any atom is 0.289 e. The van der Waals surface area contributed by atoms with E-state index in [0.29, 0.717) is 30.9 Å². The van der Waals surface area contributed by atoms with Crippen LogP contribution in [0.25, 0.3) is 0 Å². The zero-order chi connectivity index (χ0) is 19.4. The smallest absolute Gasteiger partial charge is 0.289 e. The Morgan fingerprint density at radius 1 is 1.19 bits per heavy atom. The third-order valence-electron chi connectivity index (χ3n) is 4.24. The number of nitrogens with zero attached hydrogens (tertiary/aromatic N) is 1. The predicted molar refractivity (Wildman–Crippen MR) is 101 cm³/mol. The van der Waals surface area contributed by atoms with Gasteiger partial charge in [-0.15, -0.1) is 0 Å². The third-order valence-corrected chi connectivity index (χ3v) is 4.85. The van der Waals surface area contributed by atoms with E-state index in [1.165, 1.54) is 6.26 Å². The number of likely N-dealkylation sites (tertiary alicyclic amines) is 1. The lowest BCUT2D eigenvalue weighted by Crippen LogP contribution is -2.43. The highest BCUT2D eigenvalue weighted by Crippen LogP contribution is 2.22. The van der Waals surface area contributed by atoms with E-state index >= 15 is 0 Å². The van der Waals surface area contributed by atoms with Gasteiger partial charge in [-0.1, -0.05) is 6.07 Å². The van der Waals surface area contributed by atoms with Gasteiger partial charge in [0.1, 0.15) is 0 Å². The molecule has 1 aromatic heterocycles. The first kappa shape index (κ1) is 19.0. The summed E-state index contributed by atoms with van der Waals surface area (Å²) in [6.45, 7) is 0.893. The number of benzene rings is 1. The molecular formula is C18H21N3O5S. The second-order valence-electron chi connectivity index (χ2n) is 6.51. The average molecular weight is 391 g/mol. The van der Waals surface area contributed by atoms with Crippen molar-refractivity contribution < 1.29 is 22.4 Å². The van der Waals surface area contributed by atoms with Crippen LogP contribution in [0.4, 0.5) is 11.4 Å². The van der Waals surface area contributed by atoms with Crippen molar-refractivity contribution in [3.8, 4) is 0 Å². The van der Waals surface area contributed by atoms with E-state index in [1.54, 1.807) is 41.3 Å². The summed E-state index contributed by atoms with van der Waals surface area (Å²) in [5.74, 6) is -0.514. The minimum absolute atomic E-state index is 0.205. The largest absolute Gasteiger partial charge is 0.459 e. The number of hydrogen-bond acceptors (Lipinski definition) is 5. The van der Waals surface area contributed by atoms with Crippen molar-refractivity contribution >= 4 is 33.2 Å². The lowest BCUT2D eigenvalue weighted by Gasteiger charge is -2.31. The van der Waals surface area contributed by atoms with Gasteiger partial charge in [0.05, 0.1) is 24.1 Å². The Labute approximate surface area is 157 Å². The molecule has 0 spiro atoms.